The van der Waals surface area contributed by atoms with Crippen LogP contribution >= 0.6 is 0 Å². The van der Waals surface area contributed by atoms with E-state index in [4.69, 9.17) is 4.74 Å². The molecular weight excluding hydrogens is 549 g/mol. The number of halogens is 3. The summed E-state index contributed by atoms with van der Waals surface area (Å²) < 4.78 is 50.0. The first-order valence-corrected chi connectivity index (χ1v) is 13.4. The summed E-state index contributed by atoms with van der Waals surface area (Å²) in [4.78, 5) is 53.7. The smallest absolute Gasteiger partial charge is 0.417 e. The molecule has 0 bridgehead atoms. The summed E-state index contributed by atoms with van der Waals surface area (Å²) in [6.45, 7) is 0. The summed E-state index contributed by atoms with van der Waals surface area (Å²) in [5, 5.41) is -0.0527. The van der Waals surface area contributed by atoms with E-state index in [0.29, 0.717) is 23.1 Å². The molecule has 2 amide bonds. The third kappa shape index (κ3) is 4.12. The summed E-state index contributed by atoms with van der Waals surface area (Å²) >= 11 is 0. The first-order valence-electron chi connectivity index (χ1n) is 13.4. The van der Waals surface area contributed by atoms with Crippen molar-refractivity contribution in [3.05, 3.63) is 116 Å². The van der Waals surface area contributed by atoms with Gasteiger partial charge in [0.1, 0.15) is 6.04 Å². The van der Waals surface area contributed by atoms with Crippen molar-refractivity contribution in [2.45, 2.75) is 37.4 Å². The first kappa shape index (κ1) is 27.4. The lowest BCUT2D eigenvalue weighted by Crippen LogP contribution is -2.46. The van der Waals surface area contributed by atoms with Crippen molar-refractivity contribution in [3.8, 4) is 0 Å². The van der Waals surface area contributed by atoms with E-state index in [0.717, 1.165) is 12.0 Å². The summed E-state index contributed by atoms with van der Waals surface area (Å²) in [6, 6.07) is 16.0. The van der Waals surface area contributed by atoms with E-state index in [1.54, 1.807) is 36.4 Å². The van der Waals surface area contributed by atoms with Gasteiger partial charge in [0.05, 0.1) is 29.3 Å². The number of alkyl halides is 3. The fourth-order valence-corrected chi connectivity index (χ4v) is 6.48. The lowest BCUT2D eigenvalue weighted by atomic mass is 9.87. The van der Waals surface area contributed by atoms with Gasteiger partial charge in [0.15, 0.2) is 0 Å². The molecule has 42 heavy (non-hydrogen) atoms. The van der Waals surface area contributed by atoms with Crippen LogP contribution in [0.1, 0.15) is 60.9 Å². The van der Waals surface area contributed by atoms with Crippen molar-refractivity contribution in [2.75, 3.05) is 7.11 Å². The Kier molecular flexibility index (Phi) is 6.51. The molecule has 2 heterocycles. The summed E-state index contributed by atoms with van der Waals surface area (Å²) in [5.41, 5.74) is 0.409. The number of hydrogen-bond acceptors (Lipinski definition) is 5. The molecule has 0 saturated heterocycles. The highest BCUT2D eigenvalue weighted by Crippen LogP contribution is 2.45. The molecule has 214 valence electrons. The Morgan fingerprint density at radius 1 is 0.952 bits per heavy atom. The second-order valence-corrected chi connectivity index (χ2v) is 10.5. The fraction of sp³-hybridized carbons (Fsp3) is 0.250. The second-order valence-electron chi connectivity index (χ2n) is 10.5. The highest BCUT2D eigenvalue weighted by Gasteiger charge is 2.45. The topological polar surface area (TPSA) is 85.7 Å². The van der Waals surface area contributed by atoms with E-state index in [1.165, 1.54) is 41.9 Å². The molecule has 0 fully saturated rings. The first-order chi connectivity index (χ1) is 20.0. The number of amides is 2. The van der Waals surface area contributed by atoms with Crippen LogP contribution in [0.25, 0.3) is 10.9 Å². The van der Waals surface area contributed by atoms with Gasteiger partial charge < -0.3 is 9.30 Å². The lowest BCUT2D eigenvalue weighted by Gasteiger charge is -2.25. The van der Waals surface area contributed by atoms with E-state index in [2.05, 4.69) is 0 Å². The quantitative estimate of drug-likeness (QED) is 0.247. The van der Waals surface area contributed by atoms with E-state index < -0.39 is 47.0 Å². The molecule has 6 rings (SSSR count). The van der Waals surface area contributed by atoms with Crippen LogP contribution in [-0.2, 0) is 35.6 Å². The number of carbonyl (C=O) groups excluding carboxylic acids is 3. The number of methoxy groups -OCH3 is 1. The zero-order chi connectivity index (χ0) is 29.9. The van der Waals surface area contributed by atoms with Crippen LogP contribution in [0.15, 0.2) is 71.5 Å². The molecular formula is C32H25F3N2O5. The number of ether oxygens (including phenoxy) is 1. The van der Waals surface area contributed by atoms with Gasteiger partial charge in [-0.1, -0.05) is 48.5 Å². The predicted octanol–water partition coefficient (Wildman–Crippen LogP) is 5.02. The van der Waals surface area contributed by atoms with Gasteiger partial charge in [0.25, 0.3) is 17.4 Å². The Morgan fingerprint density at radius 2 is 1.60 bits per heavy atom. The Balaban J connectivity index is 1.45. The fourth-order valence-electron chi connectivity index (χ4n) is 6.48. The molecule has 2 aliphatic rings. The monoisotopic (exact) mass is 574 g/mol. The van der Waals surface area contributed by atoms with Gasteiger partial charge >= 0.3 is 12.1 Å². The van der Waals surface area contributed by atoms with Crippen LogP contribution in [0.5, 0.6) is 0 Å². The van der Waals surface area contributed by atoms with Crippen LogP contribution in [0.3, 0.4) is 0 Å². The number of nitrogens with zero attached hydrogens (tertiary/aromatic N) is 2. The van der Waals surface area contributed by atoms with E-state index in [-0.39, 0.29) is 40.4 Å². The van der Waals surface area contributed by atoms with Crippen LogP contribution < -0.4 is 5.56 Å². The van der Waals surface area contributed by atoms with Crippen LogP contribution in [0.4, 0.5) is 13.2 Å². The number of aromatic nitrogens is 1. The second kappa shape index (κ2) is 9.97. The number of benzene rings is 3. The van der Waals surface area contributed by atoms with Crippen molar-refractivity contribution in [1.29, 1.82) is 0 Å². The molecule has 1 unspecified atom stereocenters. The molecule has 1 aromatic heterocycles. The minimum absolute atomic E-state index is 0.0527. The number of carbonyl (C=O) groups is 3. The Morgan fingerprint density at radius 3 is 2.24 bits per heavy atom. The van der Waals surface area contributed by atoms with Gasteiger partial charge in [-0.2, -0.15) is 13.2 Å². The van der Waals surface area contributed by atoms with Gasteiger partial charge in [-0.25, -0.2) is 4.79 Å². The number of imide groups is 1. The van der Waals surface area contributed by atoms with Crippen LogP contribution in [0, 0.1) is 0 Å². The van der Waals surface area contributed by atoms with Crippen molar-refractivity contribution >= 4 is 28.7 Å². The zero-order valence-electron chi connectivity index (χ0n) is 22.7. The van der Waals surface area contributed by atoms with Crippen molar-refractivity contribution < 1.29 is 32.3 Å². The minimum Gasteiger partial charge on any atom is -0.467 e. The molecule has 1 aliphatic carbocycles. The number of aryl methyl sites for hydroxylation is 1. The number of pyridine rings is 1. The van der Waals surface area contributed by atoms with Crippen LogP contribution in [-0.4, -0.2) is 40.4 Å². The summed E-state index contributed by atoms with van der Waals surface area (Å²) in [5.74, 6) is -2.87. The largest absolute Gasteiger partial charge is 0.467 e. The van der Waals surface area contributed by atoms with Crippen LogP contribution in [0.2, 0.25) is 0 Å². The lowest BCUT2D eigenvalue weighted by molar-refractivity contribution is -0.145. The van der Waals surface area contributed by atoms with Crippen molar-refractivity contribution in [2.24, 2.45) is 7.05 Å². The Labute approximate surface area is 238 Å². The third-order valence-corrected chi connectivity index (χ3v) is 8.36. The molecule has 3 aromatic carbocycles. The van der Waals surface area contributed by atoms with E-state index >= 15 is 0 Å². The highest BCUT2D eigenvalue weighted by atomic mass is 19.4. The average molecular weight is 575 g/mol. The SMILES string of the molecule is COC(=O)[C@H](Cc1cccc2c1CCC2c1c(C(F)(F)F)c2ccccc2n(C)c1=O)N1C(=O)c2ccccc2C1=O. The molecule has 0 saturated carbocycles. The van der Waals surface area contributed by atoms with Gasteiger partial charge in [-0.15, -0.1) is 0 Å². The predicted molar refractivity (Wildman–Crippen MR) is 147 cm³/mol. The molecule has 10 heteroatoms. The molecule has 1 aliphatic heterocycles. The van der Waals surface area contributed by atoms with Crippen molar-refractivity contribution in [3.63, 3.8) is 0 Å². The maximum atomic E-state index is 14.6. The normalized spacial score (nSPS) is 17.0. The molecule has 0 radical (unpaired) electrons. The standard InChI is InChI=1S/C32H25F3N2O5/c1-36-24-13-6-5-11-23(24)27(32(33,34)35)26(30(36)40)20-15-14-18-17(8-7-12-19(18)20)16-25(31(41)42-2)37-28(38)21-9-3-4-10-22(21)29(37)39/h3-13,20,25H,14-16H2,1-2H3/t20?,25-/m0/s1. The summed E-state index contributed by atoms with van der Waals surface area (Å²) in [6.07, 6.45) is -4.27. The number of rotatable bonds is 5. The third-order valence-electron chi connectivity index (χ3n) is 8.36. The van der Waals surface area contributed by atoms with Gasteiger partial charge in [0.2, 0.25) is 0 Å². The Bertz CT molecular complexity index is 1820. The molecule has 0 spiro atoms. The number of fused-ring (bicyclic) bond motifs is 3. The maximum absolute atomic E-state index is 14.6. The minimum atomic E-state index is -4.77. The average Bonchev–Trinajstić information content (AvgIpc) is 3.51. The van der Waals surface area contributed by atoms with Crippen molar-refractivity contribution in [1.82, 2.24) is 9.47 Å². The summed E-state index contributed by atoms with van der Waals surface area (Å²) in [7, 11) is 2.62. The molecule has 2 atom stereocenters. The van der Waals surface area contributed by atoms with Gasteiger partial charge in [0, 0.05) is 30.3 Å². The Hall–Kier alpha value is -4.73. The maximum Gasteiger partial charge on any atom is 0.417 e. The van der Waals surface area contributed by atoms with E-state index in [9.17, 15) is 32.3 Å². The highest BCUT2D eigenvalue weighted by molar-refractivity contribution is 6.22. The number of esters is 1. The molecule has 4 aromatic rings. The molecule has 0 N–H and O–H groups in total. The van der Waals surface area contributed by atoms with Gasteiger partial charge in [-0.05, 0) is 47.7 Å². The number of para-hydroxylation sites is 1. The van der Waals surface area contributed by atoms with Gasteiger partial charge in [-0.3, -0.25) is 19.3 Å². The molecule has 7 nitrogen and oxygen atoms in total. The zero-order valence-corrected chi connectivity index (χ0v) is 22.7. The number of hydrogen-bond donors (Lipinski definition) is 0. The van der Waals surface area contributed by atoms with E-state index in [1.807, 2.05) is 0 Å².